The molecule has 0 aliphatic rings. The van der Waals surface area contributed by atoms with E-state index in [2.05, 4.69) is 26.2 Å². The number of anilines is 3. The van der Waals surface area contributed by atoms with Crippen LogP contribution < -0.4 is 11.1 Å². The summed E-state index contributed by atoms with van der Waals surface area (Å²) in [5.41, 5.74) is 6.88. The quantitative estimate of drug-likeness (QED) is 0.852. The minimum Gasteiger partial charge on any atom is -0.397 e. The van der Waals surface area contributed by atoms with Crippen LogP contribution >= 0.6 is 39.1 Å². The van der Waals surface area contributed by atoms with Crippen molar-refractivity contribution in [2.75, 3.05) is 11.1 Å². The Labute approximate surface area is 117 Å². The minimum atomic E-state index is 0.569. The zero-order valence-electron chi connectivity index (χ0n) is 8.55. The summed E-state index contributed by atoms with van der Waals surface area (Å²) in [6.45, 7) is 0. The summed E-state index contributed by atoms with van der Waals surface area (Å²) >= 11 is 15.3. The number of nitrogens with one attached hydrogen (secondary N) is 1. The molecule has 0 aliphatic heterocycles. The number of benzene rings is 1. The smallest absolute Gasteiger partial charge is 0.144 e. The Morgan fingerprint density at radius 1 is 1.24 bits per heavy atom. The highest BCUT2D eigenvalue weighted by Crippen LogP contribution is 2.31. The van der Waals surface area contributed by atoms with Crippen molar-refractivity contribution in [2.24, 2.45) is 0 Å². The zero-order valence-corrected chi connectivity index (χ0v) is 11.6. The molecular weight excluding hydrogens is 325 g/mol. The Balaban J connectivity index is 2.34. The molecule has 0 aliphatic carbocycles. The summed E-state index contributed by atoms with van der Waals surface area (Å²) < 4.78 is 0.758. The molecule has 0 bridgehead atoms. The molecule has 0 unspecified atom stereocenters. The van der Waals surface area contributed by atoms with Gasteiger partial charge in [-0.3, -0.25) is 0 Å². The van der Waals surface area contributed by atoms with Crippen LogP contribution in [-0.4, -0.2) is 4.98 Å². The molecule has 1 heterocycles. The Bertz CT molecular complexity index is 560. The van der Waals surface area contributed by atoms with Gasteiger partial charge in [-0.25, -0.2) is 4.98 Å². The maximum Gasteiger partial charge on any atom is 0.144 e. The molecule has 1 aromatic heterocycles. The Hall–Kier alpha value is -0.970. The van der Waals surface area contributed by atoms with Crippen LogP contribution in [0.3, 0.4) is 0 Å². The molecule has 2 rings (SSSR count). The Morgan fingerprint density at radius 2 is 2.00 bits per heavy atom. The van der Waals surface area contributed by atoms with Gasteiger partial charge < -0.3 is 11.1 Å². The largest absolute Gasteiger partial charge is 0.397 e. The van der Waals surface area contributed by atoms with Gasteiger partial charge in [0, 0.05) is 5.02 Å². The van der Waals surface area contributed by atoms with Gasteiger partial charge >= 0.3 is 0 Å². The minimum absolute atomic E-state index is 0.569. The molecule has 1 aromatic carbocycles. The molecule has 0 radical (unpaired) electrons. The predicted octanol–water partition coefficient (Wildman–Crippen LogP) is 4.48. The molecule has 0 atom stereocenters. The zero-order chi connectivity index (χ0) is 12.4. The molecule has 0 fully saturated rings. The number of nitrogen functional groups attached to an aromatic ring is 1. The summed E-state index contributed by atoms with van der Waals surface area (Å²) in [5, 5.41) is 4.25. The first-order valence-electron chi connectivity index (χ1n) is 4.69. The van der Waals surface area contributed by atoms with Crippen LogP contribution in [-0.2, 0) is 0 Å². The van der Waals surface area contributed by atoms with Crippen LogP contribution in [0.2, 0.25) is 10.0 Å². The molecule has 6 heteroatoms. The molecule has 3 N–H and O–H groups in total. The normalized spacial score (nSPS) is 10.3. The lowest BCUT2D eigenvalue weighted by atomic mass is 10.3. The predicted molar refractivity (Wildman–Crippen MR) is 76.1 cm³/mol. The van der Waals surface area contributed by atoms with Gasteiger partial charge in [-0.15, -0.1) is 0 Å². The van der Waals surface area contributed by atoms with Crippen LogP contribution in [0.5, 0.6) is 0 Å². The fourth-order valence-corrected chi connectivity index (χ4v) is 2.07. The molecule has 17 heavy (non-hydrogen) atoms. The van der Waals surface area contributed by atoms with E-state index in [0.29, 0.717) is 27.2 Å². The lowest BCUT2D eigenvalue weighted by Gasteiger charge is -2.09. The Morgan fingerprint density at radius 3 is 2.71 bits per heavy atom. The van der Waals surface area contributed by atoms with E-state index < -0.39 is 0 Å². The molecule has 0 amide bonds. The maximum atomic E-state index is 6.04. The molecular formula is C11H8BrCl2N3. The monoisotopic (exact) mass is 331 g/mol. The van der Waals surface area contributed by atoms with Crippen molar-refractivity contribution < 1.29 is 0 Å². The van der Waals surface area contributed by atoms with Gasteiger partial charge in [-0.2, -0.15) is 0 Å². The van der Waals surface area contributed by atoms with Gasteiger partial charge in [0.2, 0.25) is 0 Å². The first-order chi connectivity index (χ1) is 8.06. The number of aromatic nitrogens is 1. The fourth-order valence-electron chi connectivity index (χ4n) is 1.27. The average Bonchev–Trinajstić information content (AvgIpc) is 2.27. The summed E-state index contributed by atoms with van der Waals surface area (Å²) in [5.74, 6) is 0.628. The van der Waals surface area contributed by atoms with E-state index in [4.69, 9.17) is 28.9 Å². The molecule has 0 saturated carbocycles. The number of nitrogens with zero attached hydrogens (tertiary/aromatic N) is 1. The number of rotatable bonds is 2. The number of pyridine rings is 1. The SMILES string of the molecule is Nc1cnc(Nc2cc(Cl)ccc2Cl)c(Br)c1. The van der Waals surface area contributed by atoms with Crippen LogP contribution in [0.15, 0.2) is 34.9 Å². The van der Waals surface area contributed by atoms with Crippen LogP contribution in [0, 0.1) is 0 Å². The topological polar surface area (TPSA) is 50.9 Å². The van der Waals surface area contributed by atoms with Crippen LogP contribution in [0.1, 0.15) is 0 Å². The Kier molecular flexibility index (Phi) is 3.76. The van der Waals surface area contributed by atoms with Crippen molar-refractivity contribution in [3.05, 3.63) is 45.0 Å². The van der Waals surface area contributed by atoms with Crippen molar-refractivity contribution in [1.82, 2.24) is 4.98 Å². The van der Waals surface area contributed by atoms with Crippen LogP contribution in [0.25, 0.3) is 0 Å². The van der Waals surface area contributed by atoms with Crippen molar-refractivity contribution in [3.63, 3.8) is 0 Å². The summed E-state index contributed by atoms with van der Waals surface area (Å²) in [6, 6.07) is 6.93. The van der Waals surface area contributed by atoms with Crippen molar-refractivity contribution in [2.45, 2.75) is 0 Å². The van der Waals surface area contributed by atoms with Crippen LogP contribution in [0.4, 0.5) is 17.2 Å². The van der Waals surface area contributed by atoms with Gasteiger partial charge in [0.1, 0.15) is 5.82 Å². The third kappa shape index (κ3) is 3.03. The second-order valence-corrected chi connectivity index (χ2v) is 5.05. The van der Waals surface area contributed by atoms with Gasteiger partial charge in [0.05, 0.1) is 27.1 Å². The van der Waals surface area contributed by atoms with Crippen molar-refractivity contribution >= 4 is 56.3 Å². The second kappa shape index (κ2) is 5.12. The second-order valence-electron chi connectivity index (χ2n) is 3.35. The number of nitrogens with two attached hydrogens (primary N) is 1. The third-order valence-electron chi connectivity index (χ3n) is 2.04. The van der Waals surface area contributed by atoms with E-state index >= 15 is 0 Å². The fraction of sp³-hybridized carbons (Fsp3) is 0. The van der Waals surface area contributed by atoms with E-state index in [1.165, 1.54) is 0 Å². The lowest BCUT2D eigenvalue weighted by Crippen LogP contribution is -1.97. The molecule has 0 spiro atoms. The van der Waals surface area contributed by atoms with Gasteiger partial charge in [0.15, 0.2) is 0 Å². The molecule has 3 nitrogen and oxygen atoms in total. The maximum absolute atomic E-state index is 6.04. The highest BCUT2D eigenvalue weighted by atomic mass is 79.9. The summed E-state index contributed by atoms with van der Waals surface area (Å²) in [7, 11) is 0. The molecule has 88 valence electrons. The number of hydrogen-bond acceptors (Lipinski definition) is 3. The van der Waals surface area contributed by atoms with E-state index in [1.54, 1.807) is 30.5 Å². The first-order valence-corrected chi connectivity index (χ1v) is 6.24. The number of halogens is 3. The van der Waals surface area contributed by atoms with Gasteiger partial charge in [-0.1, -0.05) is 23.2 Å². The van der Waals surface area contributed by atoms with Crippen molar-refractivity contribution in [3.8, 4) is 0 Å². The summed E-state index contributed by atoms with van der Waals surface area (Å²) in [4.78, 5) is 4.16. The lowest BCUT2D eigenvalue weighted by molar-refractivity contribution is 1.29. The first kappa shape index (κ1) is 12.5. The van der Waals surface area contributed by atoms with E-state index in [0.717, 1.165) is 4.47 Å². The van der Waals surface area contributed by atoms with E-state index in [9.17, 15) is 0 Å². The van der Waals surface area contributed by atoms with Gasteiger partial charge in [0.25, 0.3) is 0 Å². The van der Waals surface area contributed by atoms with Gasteiger partial charge in [-0.05, 0) is 40.2 Å². The van der Waals surface area contributed by atoms with E-state index in [1.807, 2.05) is 0 Å². The number of hydrogen-bond donors (Lipinski definition) is 2. The third-order valence-corrected chi connectivity index (χ3v) is 3.21. The highest BCUT2D eigenvalue weighted by molar-refractivity contribution is 9.10. The summed E-state index contributed by atoms with van der Waals surface area (Å²) in [6.07, 6.45) is 1.56. The van der Waals surface area contributed by atoms with Crippen molar-refractivity contribution in [1.29, 1.82) is 0 Å². The highest BCUT2D eigenvalue weighted by Gasteiger charge is 2.06. The average molecular weight is 333 g/mol. The van der Waals surface area contributed by atoms with E-state index in [-0.39, 0.29) is 0 Å². The standard InChI is InChI=1S/C11H8BrCl2N3/c12-8-4-7(15)5-16-11(8)17-10-3-6(13)1-2-9(10)14/h1-5H,15H2,(H,16,17). The molecule has 2 aromatic rings. The molecule has 0 saturated heterocycles.